The third kappa shape index (κ3) is 4.07. The van der Waals surface area contributed by atoms with Crippen LogP contribution in [0.5, 0.6) is 0 Å². The van der Waals surface area contributed by atoms with Gasteiger partial charge in [0.05, 0.1) is 11.8 Å². The smallest absolute Gasteiger partial charge is 0.0587 e. The Morgan fingerprint density at radius 1 is 1.44 bits per heavy atom. The van der Waals surface area contributed by atoms with Crippen molar-refractivity contribution in [1.82, 2.24) is 9.88 Å². The highest BCUT2D eigenvalue weighted by molar-refractivity contribution is 5.17. The molecular formula is C15H24N2O. The van der Waals surface area contributed by atoms with E-state index in [0.717, 1.165) is 26.1 Å². The second kappa shape index (κ2) is 6.86. The molecule has 0 amide bonds. The van der Waals surface area contributed by atoms with E-state index in [-0.39, 0.29) is 0 Å². The second-order valence-electron chi connectivity index (χ2n) is 5.28. The van der Waals surface area contributed by atoms with E-state index in [1.165, 1.54) is 30.5 Å². The van der Waals surface area contributed by atoms with Crippen LogP contribution in [0.2, 0.25) is 0 Å². The Balaban J connectivity index is 1.74. The van der Waals surface area contributed by atoms with Gasteiger partial charge in [0.15, 0.2) is 0 Å². The SMILES string of the molecule is Cc1cccnc1CN(C)CC[C@@H]1CCCCO1. The number of pyridine rings is 1. The van der Waals surface area contributed by atoms with E-state index in [2.05, 4.69) is 29.9 Å². The normalized spacial score (nSPS) is 20.3. The first kappa shape index (κ1) is 13.5. The molecule has 1 aromatic heterocycles. The van der Waals surface area contributed by atoms with Gasteiger partial charge >= 0.3 is 0 Å². The number of rotatable bonds is 5. The van der Waals surface area contributed by atoms with E-state index in [4.69, 9.17) is 4.74 Å². The van der Waals surface area contributed by atoms with Crippen molar-refractivity contribution in [3.8, 4) is 0 Å². The topological polar surface area (TPSA) is 25.4 Å². The lowest BCUT2D eigenvalue weighted by Crippen LogP contribution is -2.27. The van der Waals surface area contributed by atoms with Crippen LogP contribution in [-0.4, -0.2) is 36.2 Å². The molecule has 1 atom stereocenters. The molecule has 2 heterocycles. The molecule has 0 saturated carbocycles. The fourth-order valence-corrected chi connectivity index (χ4v) is 2.42. The van der Waals surface area contributed by atoms with Crippen molar-refractivity contribution >= 4 is 0 Å². The highest BCUT2D eigenvalue weighted by Crippen LogP contribution is 2.16. The molecule has 18 heavy (non-hydrogen) atoms. The van der Waals surface area contributed by atoms with Crippen LogP contribution >= 0.6 is 0 Å². The lowest BCUT2D eigenvalue weighted by atomic mass is 10.1. The minimum absolute atomic E-state index is 0.478. The highest BCUT2D eigenvalue weighted by Gasteiger charge is 2.14. The monoisotopic (exact) mass is 248 g/mol. The van der Waals surface area contributed by atoms with Gasteiger partial charge in [-0.15, -0.1) is 0 Å². The second-order valence-corrected chi connectivity index (χ2v) is 5.28. The summed E-state index contributed by atoms with van der Waals surface area (Å²) in [6.07, 6.45) is 7.29. The van der Waals surface area contributed by atoms with Crippen molar-refractivity contribution in [2.45, 2.75) is 45.3 Å². The van der Waals surface area contributed by atoms with Crippen molar-refractivity contribution in [2.24, 2.45) is 0 Å². The summed E-state index contributed by atoms with van der Waals surface area (Å²) in [5.74, 6) is 0. The molecule has 0 N–H and O–H groups in total. The van der Waals surface area contributed by atoms with Crippen LogP contribution in [0.15, 0.2) is 18.3 Å². The summed E-state index contributed by atoms with van der Waals surface area (Å²) in [5, 5.41) is 0. The number of ether oxygens (including phenoxy) is 1. The molecule has 1 saturated heterocycles. The molecule has 3 heteroatoms. The lowest BCUT2D eigenvalue weighted by Gasteiger charge is -2.25. The van der Waals surface area contributed by atoms with E-state index in [0.29, 0.717) is 6.10 Å². The van der Waals surface area contributed by atoms with Crippen LogP contribution in [0, 0.1) is 6.92 Å². The van der Waals surface area contributed by atoms with Gasteiger partial charge in [0.25, 0.3) is 0 Å². The number of nitrogens with zero attached hydrogens (tertiary/aromatic N) is 2. The van der Waals surface area contributed by atoms with Crippen LogP contribution in [0.3, 0.4) is 0 Å². The van der Waals surface area contributed by atoms with Crippen molar-refractivity contribution in [3.05, 3.63) is 29.6 Å². The molecule has 0 aromatic carbocycles. The minimum atomic E-state index is 0.478. The maximum Gasteiger partial charge on any atom is 0.0587 e. The number of aromatic nitrogens is 1. The molecule has 3 nitrogen and oxygen atoms in total. The van der Waals surface area contributed by atoms with Crippen LogP contribution in [0.25, 0.3) is 0 Å². The molecule has 1 fully saturated rings. The molecule has 0 unspecified atom stereocenters. The van der Waals surface area contributed by atoms with E-state index >= 15 is 0 Å². The van der Waals surface area contributed by atoms with Crippen LogP contribution in [-0.2, 0) is 11.3 Å². The minimum Gasteiger partial charge on any atom is -0.378 e. The summed E-state index contributed by atoms with van der Waals surface area (Å²) in [4.78, 5) is 6.78. The zero-order valence-electron chi connectivity index (χ0n) is 11.6. The van der Waals surface area contributed by atoms with Gasteiger partial charge < -0.3 is 9.64 Å². The molecule has 1 aromatic rings. The molecular weight excluding hydrogens is 224 g/mol. The highest BCUT2D eigenvalue weighted by atomic mass is 16.5. The molecule has 0 spiro atoms. The average Bonchev–Trinajstić information content (AvgIpc) is 2.40. The maximum absolute atomic E-state index is 5.76. The largest absolute Gasteiger partial charge is 0.378 e. The van der Waals surface area contributed by atoms with E-state index in [9.17, 15) is 0 Å². The van der Waals surface area contributed by atoms with E-state index in [1.54, 1.807) is 0 Å². The molecule has 2 rings (SSSR count). The van der Waals surface area contributed by atoms with Crippen molar-refractivity contribution in [2.75, 3.05) is 20.2 Å². The Bertz CT molecular complexity index is 361. The maximum atomic E-state index is 5.76. The van der Waals surface area contributed by atoms with Crippen LogP contribution in [0.4, 0.5) is 0 Å². The molecule has 1 aliphatic rings. The van der Waals surface area contributed by atoms with Crippen LogP contribution in [0.1, 0.15) is 36.9 Å². The Kier molecular flexibility index (Phi) is 5.14. The lowest BCUT2D eigenvalue weighted by molar-refractivity contribution is 0.00635. The summed E-state index contributed by atoms with van der Waals surface area (Å²) < 4.78 is 5.76. The zero-order chi connectivity index (χ0) is 12.8. The third-order valence-corrected chi connectivity index (χ3v) is 3.64. The first-order chi connectivity index (χ1) is 8.75. The fourth-order valence-electron chi connectivity index (χ4n) is 2.42. The Hall–Kier alpha value is -0.930. The van der Waals surface area contributed by atoms with Crippen molar-refractivity contribution < 1.29 is 4.74 Å². The summed E-state index contributed by atoms with van der Waals surface area (Å²) in [7, 11) is 2.16. The summed E-state index contributed by atoms with van der Waals surface area (Å²) in [5.41, 5.74) is 2.46. The molecule has 0 radical (unpaired) electrons. The van der Waals surface area contributed by atoms with Crippen molar-refractivity contribution in [3.63, 3.8) is 0 Å². The average molecular weight is 248 g/mol. The predicted molar refractivity (Wildman–Crippen MR) is 73.5 cm³/mol. The molecule has 1 aliphatic heterocycles. The van der Waals surface area contributed by atoms with Gasteiger partial charge in [-0.2, -0.15) is 0 Å². The molecule has 100 valence electrons. The van der Waals surface area contributed by atoms with Gasteiger partial charge in [0.2, 0.25) is 0 Å². The quantitative estimate of drug-likeness (QED) is 0.801. The Labute approximate surface area is 110 Å². The van der Waals surface area contributed by atoms with Gasteiger partial charge in [-0.25, -0.2) is 0 Å². The number of hydrogen-bond donors (Lipinski definition) is 0. The zero-order valence-corrected chi connectivity index (χ0v) is 11.6. The van der Waals surface area contributed by atoms with Crippen LogP contribution < -0.4 is 0 Å². The number of aryl methyl sites for hydroxylation is 1. The summed E-state index contributed by atoms with van der Waals surface area (Å²) >= 11 is 0. The predicted octanol–water partition coefficient (Wildman–Crippen LogP) is 2.78. The number of hydrogen-bond acceptors (Lipinski definition) is 3. The third-order valence-electron chi connectivity index (χ3n) is 3.64. The first-order valence-corrected chi connectivity index (χ1v) is 6.96. The van der Waals surface area contributed by atoms with Crippen molar-refractivity contribution in [1.29, 1.82) is 0 Å². The van der Waals surface area contributed by atoms with Gasteiger partial charge in [-0.05, 0) is 51.3 Å². The van der Waals surface area contributed by atoms with E-state index < -0.39 is 0 Å². The first-order valence-electron chi connectivity index (χ1n) is 6.96. The molecule has 0 aliphatic carbocycles. The van der Waals surface area contributed by atoms with E-state index in [1.807, 2.05) is 12.3 Å². The summed E-state index contributed by atoms with van der Waals surface area (Å²) in [6.45, 7) is 5.09. The Morgan fingerprint density at radius 2 is 2.33 bits per heavy atom. The van der Waals surface area contributed by atoms with Gasteiger partial charge in [0, 0.05) is 25.9 Å². The Morgan fingerprint density at radius 3 is 3.06 bits per heavy atom. The fraction of sp³-hybridized carbons (Fsp3) is 0.667. The van der Waals surface area contributed by atoms with Gasteiger partial charge in [-0.3, -0.25) is 4.98 Å². The molecule has 0 bridgehead atoms. The summed E-state index contributed by atoms with van der Waals surface area (Å²) in [6, 6.07) is 4.12. The van der Waals surface area contributed by atoms with Gasteiger partial charge in [0.1, 0.15) is 0 Å². The standard InChI is InChI=1S/C15H24N2O/c1-13-6-5-9-16-15(13)12-17(2)10-8-14-7-3-4-11-18-14/h5-6,9,14H,3-4,7-8,10-12H2,1-2H3/t14-/m0/s1. The van der Waals surface area contributed by atoms with Gasteiger partial charge in [-0.1, -0.05) is 6.07 Å².